The van der Waals surface area contributed by atoms with Crippen LogP contribution in [0.25, 0.3) is 5.69 Å². The molecule has 6 nitrogen and oxygen atoms in total. The van der Waals surface area contributed by atoms with Crippen molar-refractivity contribution in [2.24, 2.45) is 0 Å². The number of hydrogen-bond donors (Lipinski definition) is 1. The number of sulfone groups is 1. The van der Waals surface area contributed by atoms with Crippen LogP contribution in [-0.4, -0.2) is 30.4 Å². The number of aryl methyl sites for hydroxylation is 1. The first-order valence-corrected chi connectivity index (χ1v) is 10.7. The van der Waals surface area contributed by atoms with E-state index in [1.807, 2.05) is 0 Å². The second kappa shape index (κ2) is 7.77. The number of amides is 1. The van der Waals surface area contributed by atoms with Crippen LogP contribution >= 0.6 is 11.6 Å². The number of carbonyl (C=O) groups is 1. The fourth-order valence-electron chi connectivity index (χ4n) is 2.72. The summed E-state index contributed by atoms with van der Waals surface area (Å²) in [6, 6.07) is 9.47. The molecule has 1 N–H and O–H groups in total. The first-order valence-electron chi connectivity index (χ1n) is 8.41. The van der Waals surface area contributed by atoms with Crippen molar-refractivity contribution in [1.29, 1.82) is 0 Å². The van der Waals surface area contributed by atoms with Gasteiger partial charge in [-0.1, -0.05) is 17.7 Å². The van der Waals surface area contributed by atoms with Crippen molar-refractivity contribution in [3.63, 3.8) is 0 Å². The fraction of sp³-hybridized carbons (Fsp3) is 0.158. The smallest absolute Gasteiger partial charge is 0.322 e. The Hall–Kier alpha value is -2.85. The van der Waals surface area contributed by atoms with Gasteiger partial charge < -0.3 is 5.32 Å². The largest absolute Gasteiger partial charge is 0.434 e. The third-order valence-electron chi connectivity index (χ3n) is 4.24. The van der Waals surface area contributed by atoms with Crippen molar-refractivity contribution in [3.8, 4) is 5.69 Å². The van der Waals surface area contributed by atoms with Gasteiger partial charge in [-0.3, -0.25) is 4.79 Å². The highest BCUT2D eigenvalue weighted by atomic mass is 35.5. The van der Waals surface area contributed by atoms with Gasteiger partial charge in [0.2, 0.25) is 0 Å². The Morgan fingerprint density at radius 3 is 2.33 bits per heavy atom. The molecule has 1 amide bonds. The second-order valence-corrected chi connectivity index (χ2v) is 8.95. The lowest BCUT2D eigenvalue weighted by atomic mass is 10.1. The molecule has 30 heavy (non-hydrogen) atoms. The molecule has 11 heteroatoms. The Balaban J connectivity index is 2.04. The third-order valence-corrected chi connectivity index (χ3v) is 5.60. The molecule has 0 saturated carbocycles. The Labute approximate surface area is 175 Å². The highest BCUT2D eigenvalue weighted by molar-refractivity contribution is 7.90. The number of benzene rings is 2. The van der Waals surface area contributed by atoms with Crippen LogP contribution < -0.4 is 5.32 Å². The highest BCUT2D eigenvalue weighted by Gasteiger charge is 2.40. The number of nitrogens with zero attached hydrogens (tertiary/aromatic N) is 2. The molecular weight excluding hydrogens is 443 g/mol. The Kier molecular flexibility index (Phi) is 5.66. The van der Waals surface area contributed by atoms with Gasteiger partial charge in [0.15, 0.2) is 15.5 Å². The lowest BCUT2D eigenvalue weighted by molar-refractivity contribution is -0.143. The zero-order valence-electron chi connectivity index (χ0n) is 15.7. The topological polar surface area (TPSA) is 81.1 Å². The molecule has 0 spiro atoms. The summed E-state index contributed by atoms with van der Waals surface area (Å²) < 4.78 is 65.4. The van der Waals surface area contributed by atoms with E-state index in [1.165, 1.54) is 42.5 Å². The monoisotopic (exact) mass is 457 g/mol. The standard InChI is InChI=1S/C19H15ClF3N3O3S/c1-11-3-8-14(30(2,28)29)9-16(11)25-18(27)15-10-24-26(17(15)19(21,22)23)13-6-4-12(20)5-7-13/h3-10H,1-2H3,(H,25,27). The van der Waals surface area contributed by atoms with E-state index in [-0.39, 0.29) is 16.3 Å². The Bertz CT molecular complexity index is 1220. The van der Waals surface area contributed by atoms with E-state index in [0.717, 1.165) is 12.5 Å². The molecule has 0 unspecified atom stereocenters. The van der Waals surface area contributed by atoms with Gasteiger partial charge in [-0.05, 0) is 48.9 Å². The van der Waals surface area contributed by atoms with E-state index in [0.29, 0.717) is 15.3 Å². The van der Waals surface area contributed by atoms with Crippen molar-refractivity contribution in [2.45, 2.75) is 18.0 Å². The van der Waals surface area contributed by atoms with Crippen LogP contribution in [0.3, 0.4) is 0 Å². The maximum atomic E-state index is 13.8. The van der Waals surface area contributed by atoms with Gasteiger partial charge in [-0.2, -0.15) is 18.3 Å². The third kappa shape index (κ3) is 4.49. The predicted molar refractivity (Wildman–Crippen MR) is 106 cm³/mol. The molecule has 1 heterocycles. The molecule has 158 valence electrons. The lowest BCUT2D eigenvalue weighted by Crippen LogP contribution is -2.21. The molecule has 0 bridgehead atoms. The minimum absolute atomic E-state index is 0.0704. The summed E-state index contributed by atoms with van der Waals surface area (Å²) in [5, 5.41) is 6.40. The van der Waals surface area contributed by atoms with Crippen LogP contribution in [0.1, 0.15) is 21.6 Å². The fourth-order valence-corrected chi connectivity index (χ4v) is 3.49. The molecule has 0 aliphatic carbocycles. The van der Waals surface area contributed by atoms with Crippen molar-refractivity contribution < 1.29 is 26.4 Å². The number of carbonyl (C=O) groups excluding carboxylic acids is 1. The van der Waals surface area contributed by atoms with E-state index in [9.17, 15) is 26.4 Å². The molecule has 2 aromatic carbocycles. The molecule has 0 aliphatic rings. The summed E-state index contributed by atoms with van der Waals surface area (Å²) in [7, 11) is -3.57. The Morgan fingerprint density at radius 1 is 1.13 bits per heavy atom. The van der Waals surface area contributed by atoms with Gasteiger partial charge >= 0.3 is 6.18 Å². The molecule has 0 aliphatic heterocycles. The number of hydrogen-bond acceptors (Lipinski definition) is 4. The zero-order chi connectivity index (χ0) is 22.3. The summed E-state index contributed by atoms with van der Waals surface area (Å²) >= 11 is 5.78. The van der Waals surface area contributed by atoms with Crippen LogP contribution in [0.4, 0.5) is 18.9 Å². The van der Waals surface area contributed by atoms with E-state index in [2.05, 4.69) is 10.4 Å². The maximum absolute atomic E-state index is 13.8. The Morgan fingerprint density at radius 2 is 1.77 bits per heavy atom. The second-order valence-electron chi connectivity index (χ2n) is 6.50. The van der Waals surface area contributed by atoms with E-state index < -0.39 is 33.2 Å². The highest BCUT2D eigenvalue weighted by Crippen LogP contribution is 2.34. The van der Waals surface area contributed by atoms with E-state index in [1.54, 1.807) is 6.92 Å². The van der Waals surface area contributed by atoms with E-state index >= 15 is 0 Å². The van der Waals surface area contributed by atoms with E-state index in [4.69, 9.17) is 11.6 Å². The van der Waals surface area contributed by atoms with Crippen LogP contribution in [-0.2, 0) is 16.0 Å². The van der Waals surface area contributed by atoms with Crippen LogP contribution in [0, 0.1) is 6.92 Å². The number of halogens is 4. The summed E-state index contributed by atoms with van der Waals surface area (Å²) in [4.78, 5) is 12.6. The zero-order valence-corrected chi connectivity index (χ0v) is 17.2. The summed E-state index contributed by atoms with van der Waals surface area (Å²) in [6.07, 6.45) is -3.09. The molecule has 0 fully saturated rings. The normalized spacial score (nSPS) is 12.1. The van der Waals surface area contributed by atoms with Gasteiger partial charge in [0.1, 0.15) is 0 Å². The number of alkyl halides is 3. The van der Waals surface area contributed by atoms with Gasteiger partial charge in [0.25, 0.3) is 5.91 Å². The quantitative estimate of drug-likeness (QED) is 0.625. The average molecular weight is 458 g/mol. The minimum atomic E-state index is -4.88. The number of anilines is 1. The number of aromatic nitrogens is 2. The van der Waals surface area contributed by atoms with Crippen molar-refractivity contribution >= 4 is 33.0 Å². The summed E-state index contributed by atoms with van der Waals surface area (Å²) in [5.74, 6) is -1.07. The van der Waals surface area contributed by atoms with Crippen LogP contribution in [0.15, 0.2) is 53.6 Å². The van der Waals surface area contributed by atoms with Crippen LogP contribution in [0.5, 0.6) is 0 Å². The molecule has 3 aromatic rings. The summed E-state index contributed by atoms with van der Waals surface area (Å²) in [6.45, 7) is 1.59. The van der Waals surface area contributed by atoms with Crippen molar-refractivity contribution in [2.75, 3.05) is 11.6 Å². The predicted octanol–water partition coefficient (Wildman–Crippen LogP) is 4.51. The molecule has 0 atom stereocenters. The molecule has 3 rings (SSSR count). The SMILES string of the molecule is Cc1ccc(S(C)(=O)=O)cc1NC(=O)c1cnn(-c2ccc(Cl)cc2)c1C(F)(F)F. The number of nitrogens with one attached hydrogen (secondary N) is 1. The average Bonchev–Trinajstić information content (AvgIpc) is 3.09. The first kappa shape index (κ1) is 21.8. The number of rotatable bonds is 4. The van der Waals surface area contributed by atoms with Gasteiger partial charge in [0.05, 0.1) is 22.3 Å². The molecule has 0 radical (unpaired) electrons. The summed E-state index contributed by atoms with van der Waals surface area (Å²) in [5.41, 5.74) is -1.34. The van der Waals surface area contributed by atoms with Gasteiger partial charge in [0, 0.05) is 17.0 Å². The molecule has 0 saturated heterocycles. The first-order chi connectivity index (χ1) is 13.9. The van der Waals surface area contributed by atoms with Crippen molar-refractivity contribution in [3.05, 3.63) is 70.5 Å². The minimum Gasteiger partial charge on any atom is -0.322 e. The maximum Gasteiger partial charge on any atom is 0.434 e. The van der Waals surface area contributed by atoms with Crippen molar-refractivity contribution in [1.82, 2.24) is 9.78 Å². The van der Waals surface area contributed by atoms with Gasteiger partial charge in [-0.15, -0.1) is 0 Å². The van der Waals surface area contributed by atoms with Gasteiger partial charge in [-0.25, -0.2) is 13.1 Å². The molecular formula is C19H15ClF3N3O3S. The lowest BCUT2D eigenvalue weighted by Gasteiger charge is -2.14. The van der Waals surface area contributed by atoms with Crippen LogP contribution in [0.2, 0.25) is 5.02 Å². The molecule has 1 aromatic heterocycles.